The molecule has 1 aromatic heterocycles. The maximum absolute atomic E-state index is 12.2. The highest BCUT2D eigenvalue weighted by Crippen LogP contribution is 2.18. The molecular formula is C13H20N2O4. The zero-order valence-corrected chi connectivity index (χ0v) is 11.8. The number of carboxylic acids is 1. The molecule has 6 nitrogen and oxygen atoms in total. The summed E-state index contributed by atoms with van der Waals surface area (Å²) in [6.07, 6.45) is 0.00303. The van der Waals surface area contributed by atoms with Crippen molar-refractivity contribution < 1.29 is 19.8 Å². The minimum Gasteiger partial charge on any atom is -0.478 e. The molecule has 19 heavy (non-hydrogen) atoms. The van der Waals surface area contributed by atoms with Crippen molar-refractivity contribution >= 4 is 11.8 Å². The summed E-state index contributed by atoms with van der Waals surface area (Å²) < 4.78 is 1.43. The number of aliphatic hydroxyl groups is 1. The number of aryl methyl sites for hydroxylation is 1. The van der Waals surface area contributed by atoms with Crippen LogP contribution in [0.15, 0.2) is 6.20 Å². The van der Waals surface area contributed by atoms with Crippen LogP contribution in [0.3, 0.4) is 0 Å². The molecule has 1 heterocycles. The molecular weight excluding hydrogens is 248 g/mol. The minimum absolute atomic E-state index is 0.0637. The molecule has 0 aliphatic carbocycles. The molecule has 0 bridgehead atoms. The van der Waals surface area contributed by atoms with E-state index in [2.05, 4.69) is 5.32 Å². The summed E-state index contributed by atoms with van der Waals surface area (Å²) in [4.78, 5) is 23.2. The van der Waals surface area contributed by atoms with Gasteiger partial charge in [0.25, 0.3) is 0 Å². The summed E-state index contributed by atoms with van der Waals surface area (Å²) in [6.45, 7) is 7.03. The van der Waals surface area contributed by atoms with E-state index in [1.54, 1.807) is 14.0 Å². The van der Waals surface area contributed by atoms with Crippen LogP contribution in [-0.4, -0.2) is 38.3 Å². The van der Waals surface area contributed by atoms with Crippen LogP contribution < -0.4 is 5.32 Å². The van der Waals surface area contributed by atoms with Crippen molar-refractivity contribution in [2.24, 2.45) is 7.05 Å². The van der Waals surface area contributed by atoms with Crippen molar-refractivity contribution in [1.29, 1.82) is 0 Å². The zero-order valence-electron chi connectivity index (χ0n) is 11.8. The van der Waals surface area contributed by atoms with E-state index in [0.29, 0.717) is 5.56 Å². The van der Waals surface area contributed by atoms with Gasteiger partial charge in [0.05, 0.1) is 11.3 Å². The molecule has 3 N–H and O–H groups in total. The van der Waals surface area contributed by atoms with Gasteiger partial charge in [0.15, 0.2) is 6.23 Å². The molecule has 0 aliphatic heterocycles. The monoisotopic (exact) mass is 268 g/mol. The van der Waals surface area contributed by atoms with Crippen molar-refractivity contribution in [3.05, 3.63) is 23.0 Å². The molecule has 0 aromatic carbocycles. The van der Waals surface area contributed by atoms with E-state index in [9.17, 15) is 14.7 Å². The van der Waals surface area contributed by atoms with Gasteiger partial charge in [-0.3, -0.25) is 10.1 Å². The SMILES string of the molecule is Cc1c(C(=O)O)cn(C)c1C(=O)C(O)NC(C)(C)C. The Balaban J connectivity index is 3.10. The Kier molecular flexibility index (Phi) is 4.17. The Morgan fingerprint density at radius 3 is 2.26 bits per heavy atom. The van der Waals surface area contributed by atoms with E-state index in [1.807, 2.05) is 20.8 Å². The molecule has 0 spiro atoms. The summed E-state index contributed by atoms with van der Waals surface area (Å²) >= 11 is 0. The number of hydrogen-bond donors (Lipinski definition) is 3. The molecule has 0 radical (unpaired) electrons. The molecule has 1 atom stereocenters. The Labute approximate surface area is 112 Å². The second-order valence-electron chi connectivity index (χ2n) is 5.59. The molecule has 0 aliphatic rings. The topological polar surface area (TPSA) is 91.6 Å². The van der Waals surface area contributed by atoms with Crippen molar-refractivity contribution in [3.8, 4) is 0 Å². The van der Waals surface area contributed by atoms with Crippen LogP contribution in [0.5, 0.6) is 0 Å². The zero-order chi connectivity index (χ0) is 15.0. The van der Waals surface area contributed by atoms with Crippen LogP contribution in [0.4, 0.5) is 0 Å². The van der Waals surface area contributed by atoms with E-state index in [4.69, 9.17) is 5.11 Å². The average Bonchev–Trinajstić information content (AvgIpc) is 2.51. The first-order chi connectivity index (χ1) is 8.54. The summed E-state index contributed by atoms with van der Waals surface area (Å²) in [5.74, 6) is -1.63. The number of nitrogens with one attached hydrogen (secondary N) is 1. The quantitative estimate of drug-likeness (QED) is 0.558. The molecule has 1 aromatic rings. The minimum atomic E-state index is -1.37. The maximum Gasteiger partial charge on any atom is 0.337 e. The van der Waals surface area contributed by atoms with Crippen molar-refractivity contribution in [3.63, 3.8) is 0 Å². The number of carboxylic acid groups (broad SMARTS) is 1. The normalized spacial score (nSPS) is 13.4. The number of aromatic nitrogens is 1. The lowest BCUT2D eigenvalue weighted by Crippen LogP contribution is -2.48. The molecule has 1 rings (SSSR count). The molecule has 6 heteroatoms. The van der Waals surface area contributed by atoms with Crippen LogP contribution in [0.1, 0.15) is 47.2 Å². The van der Waals surface area contributed by atoms with Gasteiger partial charge in [0.2, 0.25) is 5.78 Å². The van der Waals surface area contributed by atoms with Crippen molar-refractivity contribution in [2.75, 3.05) is 0 Å². The first-order valence-electron chi connectivity index (χ1n) is 5.94. The van der Waals surface area contributed by atoms with Crippen LogP contribution in [-0.2, 0) is 7.05 Å². The third kappa shape index (κ3) is 3.42. The smallest absolute Gasteiger partial charge is 0.337 e. The third-order valence-electron chi connectivity index (χ3n) is 2.72. The van der Waals surface area contributed by atoms with E-state index in [-0.39, 0.29) is 11.3 Å². The first kappa shape index (κ1) is 15.4. The van der Waals surface area contributed by atoms with Crippen LogP contribution in [0, 0.1) is 6.92 Å². The molecule has 0 fully saturated rings. The number of rotatable bonds is 4. The van der Waals surface area contributed by atoms with E-state index in [1.165, 1.54) is 10.8 Å². The summed E-state index contributed by atoms with van der Waals surface area (Å²) in [6, 6.07) is 0. The number of nitrogens with zero attached hydrogens (tertiary/aromatic N) is 1. The van der Waals surface area contributed by atoms with Gasteiger partial charge in [-0.15, -0.1) is 0 Å². The standard InChI is InChI=1S/C13H20N2O4/c1-7-8(12(18)19)6-15(5)9(7)10(16)11(17)14-13(2,3)4/h6,11,14,17H,1-5H3,(H,18,19). The second-order valence-corrected chi connectivity index (χ2v) is 5.59. The Morgan fingerprint density at radius 2 is 1.89 bits per heavy atom. The van der Waals surface area contributed by atoms with Crippen LogP contribution in [0.25, 0.3) is 0 Å². The molecule has 0 saturated carbocycles. The largest absolute Gasteiger partial charge is 0.478 e. The fourth-order valence-corrected chi connectivity index (χ4v) is 1.93. The Hall–Kier alpha value is -1.66. The number of hydrogen-bond acceptors (Lipinski definition) is 4. The van der Waals surface area contributed by atoms with E-state index < -0.39 is 23.5 Å². The van der Waals surface area contributed by atoms with Crippen molar-refractivity contribution in [2.45, 2.75) is 39.5 Å². The predicted molar refractivity (Wildman–Crippen MR) is 70.3 cm³/mol. The number of aromatic carboxylic acids is 1. The number of ketones is 1. The van der Waals surface area contributed by atoms with Gasteiger partial charge >= 0.3 is 5.97 Å². The molecule has 1 unspecified atom stereocenters. The van der Waals surface area contributed by atoms with E-state index >= 15 is 0 Å². The van der Waals surface area contributed by atoms with Gasteiger partial charge in [-0.05, 0) is 33.3 Å². The van der Waals surface area contributed by atoms with Gasteiger partial charge < -0.3 is 14.8 Å². The highest BCUT2D eigenvalue weighted by Gasteiger charge is 2.28. The summed E-state index contributed by atoms with van der Waals surface area (Å²) in [7, 11) is 1.58. The third-order valence-corrected chi connectivity index (χ3v) is 2.72. The Bertz CT molecular complexity index is 511. The van der Waals surface area contributed by atoms with Crippen molar-refractivity contribution in [1.82, 2.24) is 9.88 Å². The predicted octanol–water partition coefficient (Wildman–Crippen LogP) is 0.921. The maximum atomic E-state index is 12.2. The molecule has 0 saturated heterocycles. The lowest BCUT2D eigenvalue weighted by molar-refractivity contribution is 0.0590. The van der Waals surface area contributed by atoms with Gasteiger partial charge in [-0.1, -0.05) is 0 Å². The number of aliphatic hydroxyl groups excluding tert-OH is 1. The number of carbonyl (C=O) groups excluding carboxylic acids is 1. The van der Waals surface area contributed by atoms with E-state index in [0.717, 1.165) is 0 Å². The lowest BCUT2D eigenvalue weighted by atomic mass is 10.1. The summed E-state index contributed by atoms with van der Waals surface area (Å²) in [5, 5.41) is 21.6. The van der Waals surface area contributed by atoms with Crippen LogP contribution in [0.2, 0.25) is 0 Å². The number of carbonyl (C=O) groups is 2. The average molecular weight is 268 g/mol. The molecule has 106 valence electrons. The molecule has 0 amide bonds. The highest BCUT2D eigenvalue weighted by molar-refractivity contribution is 6.02. The Morgan fingerprint density at radius 1 is 1.37 bits per heavy atom. The van der Waals surface area contributed by atoms with Gasteiger partial charge in [-0.2, -0.15) is 0 Å². The second kappa shape index (κ2) is 5.14. The summed E-state index contributed by atoms with van der Waals surface area (Å²) in [5.41, 5.74) is 0.189. The first-order valence-corrected chi connectivity index (χ1v) is 5.94. The van der Waals surface area contributed by atoms with Crippen LogP contribution >= 0.6 is 0 Å². The highest BCUT2D eigenvalue weighted by atomic mass is 16.4. The van der Waals surface area contributed by atoms with Gasteiger partial charge in [0, 0.05) is 18.8 Å². The van der Waals surface area contributed by atoms with Gasteiger partial charge in [0.1, 0.15) is 0 Å². The fraction of sp³-hybridized carbons (Fsp3) is 0.538. The lowest BCUT2D eigenvalue weighted by Gasteiger charge is -2.24. The number of Topliss-reactive ketones (excluding diaryl/α,β-unsaturated/α-hetero) is 1. The fourth-order valence-electron chi connectivity index (χ4n) is 1.93. The van der Waals surface area contributed by atoms with Gasteiger partial charge in [-0.25, -0.2) is 4.79 Å².